The van der Waals surface area contributed by atoms with Crippen LogP contribution in [-0.2, 0) is 7.05 Å². The minimum atomic E-state index is 0.0522. The van der Waals surface area contributed by atoms with Crippen LogP contribution in [-0.4, -0.2) is 61.5 Å². The number of hydrogen-bond donors (Lipinski definition) is 0. The fourth-order valence-corrected chi connectivity index (χ4v) is 4.50. The zero-order valence-corrected chi connectivity index (χ0v) is 14.6. The molecule has 2 unspecified atom stereocenters. The Labute approximate surface area is 148 Å². The fourth-order valence-electron chi connectivity index (χ4n) is 3.98. The molecule has 3 aromatic rings. The van der Waals surface area contributed by atoms with E-state index in [9.17, 15) is 4.79 Å². The zero-order chi connectivity index (χ0) is 17.0. The number of aryl methyl sites for hydroxylation is 1. The van der Waals surface area contributed by atoms with Gasteiger partial charge in [0.2, 0.25) is 0 Å². The first-order valence-electron chi connectivity index (χ1n) is 8.25. The Kier molecular flexibility index (Phi) is 3.24. The third-order valence-electron chi connectivity index (χ3n) is 5.20. The Hall–Kier alpha value is -2.55. The van der Waals surface area contributed by atoms with Gasteiger partial charge in [-0.15, -0.1) is 11.3 Å². The summed E-state index contributed by atoms with van der Waals surface area (Å²) >= 11 is 1.46. The molecule has 0 bridgehead atoms. The second kappa shape index (κ2) is 5.48. The molecule has 2 saturated heterocycles. The largest absolute Gasteiger partial charge is 0.354 e. The number of imidazole rings is 1. The van der Waals surface area contributed by atoms with Gasteiger partial charge in [0.1, 0.15) is 12.0 Å². The SMILES string of the molecule is Cn1cnc2c(N3CC4CN(C(=O)c5cscn5)CC4C3)ncnc21. The van der Waals surface area contributed by atoms with Crippen molar-refractivity contribution in [3.63, 3.8) is 0 Å². The number of fused-ring (bicyclic) bond motifs is 2. The van der Waals surface area contributed by atoms with Crippen LogP contribution in [0.3, 0.4) is 0 Å². The lowest BCUT2D eigenvalue weighted by Gasteiger charge is -2.22. The maximum absolute atomic E-state index is 12.5. The van der Waals surface area contributed by atoms with Crippen molar-refractivity contribution in [3.8, 4) is 0 Å². The van der Waals surface area contributed by atoms with Crippen LogP contribution in [0.1, 0.15) is 10.5 Å². The Bertz CT molecular complexity index is 923. The lowest BCUT2D eigenvalue weighted by Crippen LogP contribution is -2.33. The smallest absolute Gasteiger partial charge is 0.273 e. The van der Waals surface area contributed by atoms with Crippen LogP contribution in [0.25, 0.3) is 11.2 Å². The number of thiazole rings is 1. The molecule has 2 atom stereocenters. The summed E-state index contributed by atoms with van der Waals surface area (Å²) in [6.07, 6.45) is 3.37. The normalized spacial score (nSPS) is 22.8. The Balaban J connectivity index is 1.34. The third-order valence-corrected chi connectivity index (χ3v) is 5.79. The highest BCUT2D eigenvalue weighted by Gasteiger charge is 2.42. The Morgan fingerprint density at radius 3 is 2.64 bits per heavy atom. The van der Waals surface area contributed by atoms with E-state index in [4.69, 9.17) is 0 Å². The van der Waals surface area contributed by atoms with Gasteiger partial charge in [0.15, 0.2) is 17.0 Å². The number of aromatic nitrogens is 5. The molecule has 5 rings (SSSR count). The second-order valence-corrected chi connectivity index (χ2v) is 7.45. The maximum Gasteiger partial charge on any atom is 0.273 e. The third kappa shape index (κ3) is 2.30. The second-order valence-electron chi connectivity index (χ2n) is 6.73. The number of rotatable bonds is 2. The molecule has 0 radical (unpaired) electrons. The molecular weight excluding hydrogens is 338 g/mol. The van der Waals surface area contributed by atoms with Gasteiger partial charge in [-0.3, -0.25) is 4.79 Å². The molecule has 0 saturated carbocycles. The molecular formula is C16H17N7OS. The van der Waals surface area contributed by atoms with Crippen molar-refractivity contribution in [2.45, 2.75) is 0 Å². The lowest BCUT2D eigenvalue weighted by atomic mass is 10.0. The summed E-state index contributed by atoms with van der Waals surface area (Å²) in [4.78, 5) is 34.1. The van der Waals surface area contributed by atoms with Gasteiger partial charge in [0, 0.05) is 50.4 Å². The van der Waals surface area contributed by atoms with Gasteiger partial charge < -0.3 is 14.4 Å². The highest BCUT2D eigenvalue weighted by molar-refractivity contribution is 7.07. The van der Waals surface area contributed by atoms with E-state index in [1.54, 1.807) is 18.2 Å². The van der Waals surface area contributed by atoms with Crippen molar-refractivity contribution in [3.05, 3.63) is 29.2 Å². The van der Waals surface area contributed by atoms with Crippen molar-refractivity contribution in [1.29, 1.82) is 0 Å². The predicted octanol–water partition coefficient (Wildman–Crippen LogP) is 1.03. The lowest BCUT2D eigenvalue weighted by molar-refractivity contribution is 0.0777. The number of nitrogens with zero attached hydrogens (tertiary/aromatic N) is 7. The first kappa shape index (κ1) is 14.8. The summed E-state index contributed by atoms with van der Waals surface area (Å²) < 4.78 is 1.91. The molecule has 0 aliphatic carbocycles. The fraction of sp³-hybridized carbons (Fsp3) is 0.438. The number of anilines is 1. The predicted molar refractivity (Wildman–Crippen MR) is 93.5 cm³/mol. The molecule has 25 heavy (non-hydrogen) atoms. The first-order valence-corrected chi connectivity index (χ1v) is 9.19. The van der Waals surface area contributed by atoms with Crippen molar-refractivity contribution >= 4 is 34.2 Å². The number of likely N-dealkylation sites (tertiary alicyclic amines) is 1. The van der Waals surface area contributed by atoms with E-state index in [-0.39, 0.29) is 5.91 Å². The highest BCUT2D eigenvalue weighted by atomic mass is 32.1. The van der Waals surface area contributed by atoms with Crippen LogP contribution in [0.15, 0.2) is 23.5 Å². The number of hydrogen-bond acceptors (Lipinski definition) is 7. The van der Waals surface area contributed by atoms with Crippen LogP contribution in [0, 0.1) is 11.8 Å². The molecule has 0 spiro atoms. The molecule has 0 aromatic carbocycles. The van der Waals surface area contributed by atoms with E-state index in [0.717, 1.165) is 43.2 Å². The summed E-state index contributed by atoms with van der Waals surface area (Å²) in [7, 11) is 1.94. The molecule has 3 aromatic heterocycles. The topological polar surface area (TPSA) is 80.0 Å². The van der Waals surface area contributed by atoms with E-state index < -0.39 is 0 Å². The number of carbonyl (C=O) groups excluding carboxylic acids is 1. The standard InChI is InChI=1S/C16H17N7OS/c1-21-8-19-13-14(21)17-7-18-15(13)22-2-10-4-23(5-11(10)3-22)16(24)12-6-25-9-20-12/h6-11H,2-5H2,1H3. The van der Waals surface area contributed by atoms with Gasteiger partial charge in [0.25, 0.3) is 5.91 Å². The average Bonchev–Trinajstić information content (AvgIpc) is 3.37. The van der Waals surface area contributed by atoms with Crippen LogP contribution in [0.5, 0.6) is 0 Å². The van der Waals surface area contributed by atoms with E-state index in [2.05, 4.69) is 24.8 Å². The van der Waals surface area contributed by atoms with Gasteiger partial charge in [-0.2, -0.15) is 0 Å². The van der Waals surface area contributed by atoms with Crippen molar-refractivity contribution < 1.29 is 4.79 Å². The summed E-state index contributed by atoms with van der Waals surface area (Å²) in [6, 6.07) is 0. The van der Waals surface area contributed by atoms with Crippen LogP contribution in [0.2, 0.25) is 0 Å². The van der Waals surface area contributed by atoms with Crippen molar-refractivity contribution in [2.24, 2.45) is 18.9 Å². The van der Waals surface area contributed by atoms with E-state index >= 15 is 0 Å². The van der Waals surface area contributed by atoms with Crippen LogP contribution < -0.4 is 4.90 Å². The molecule has 5 heterocycles. The van der Waals surface area contributed by atoms with E-state index in [1.807, 2.05) is 21.9 Å². The summed E-state index contributed by atoms with van der Waals surface area (Å²) in [6.45, 7) is 3.37. The van der Waals surface area contributed by atoms with Gasteiger partial charge in [0.05, 0.1) is 11.8 Å². The van der Waals surface area contributed by atoms with Gasteiger partial charge in [-0.05, 0) is 0 Å². The van der Waals surface area contributed by atoms with Crippen molar-refractivity contribution in [2.75, 3.05) is 31.1 Å². The van der Waals surface area contributed by atoms with Gasteiger partial charge in [-0.25, -0.2) is 19.9 Å². The van der Waals surface area contributed by atoms with Crippen molar-refractivity contribution in [1.82, 2.24) is 29.4 Å². The zero-order valence-electron chi connectivity index (χ0n) is 13.7. The minimum absolute atomic E-state index is 0.0522. The van der Waals surface area contributed by atoms with E-state index in [1.165, 1.54) is 11.3 Å². The molecule has 1 amide bonds. The Morgan fingerprint density at radius 1 is 1.12 bits per heavy atom. The van der Waals surface area contributed by atoms with Gasteiger partial charge >= 0.3 is 0 Å². The summed E-state index contributed by atoms with van der Waals surface area (Å²) in [5.41, 5.74) is 3.97. The highest BCUT2D eigenvalue weighted by Crippen LogP contribution is 2.35. The summed E-state index contributed by atoms with van der Waals surface area (Å²) in [5, 5.41) is 1.82. The molecule has 2 aliphatic rings. The average molecular weight is 355 g/mol. The van der Waals surface area contributed by atoms with Gasteiger partial charge in [-0.1, -0.05) is 0 Å². The van der Waals surface area contributed by atoms with Crippen LogP contribution in [0.4, 0.5) is 5.82 Å². The van der Waals surface area contributed by atoms with Crippen LogP contribution >= 0.6 is 11.3 Å². The molecule has 2 aliphatic heterocycles. The summed E-state index contributed by atoms with van der Waals surface area (Å²) in [5.74, 6) is 1.89. The molecule has 9 heteroatoms. The monoisotopic (exact) mass is 355 g/mol. The number of amides is 1. The number of carbonyl (C=O) groups is 1. The molecule has 2 fully saturated rings. The minimum Gasteiger partial charge on any atom is -0.354 e. The van der Waals surface area contributed by atoms with E-state index in [0.29, 0.717) is 17.5 Å². The maximum atomic E-state index is 12.5. The Morgan fingerprint density at radius 2 is 1.92 bits per heavy atom. The molecule has 128 valence electrons. The molecule has 0 N–H and O–H groups in total. The first-order chi connectivity index (χ1) is 12.2. The quantitative estimate of drug-likeness (QED) is 0.683. The molecule has 8 nitrogen and oxygen atoms in total.